The summed E-state index contributed by atoms with van der Waals surface area (Å²) in [6.07, 6.45) is 3.99. The molecule has 26 heavy (non-hydrogen) atoms. The Balaban J connectivity index is 1.50. The number of anilines is 1. The van der Waals surface area contributed by atoms with E-state index in [2.05, 4.69) is 15.4 Å². The summed E-state index contributed by atoms with van der Waals surface area (Å²) in [6.45, 7) is 0. The number of amides is 1. The highest BCUT2D eigenvalue weighted by Crippen LogP contribution is 2.40. The highest BCUT2D eigenvalue weighted by Gasteiger charge is 2.28. The van der Waals surface area contributed by atoms with E-state index >= 15 is 0 Å². The van der Waals surface area contributed by atoms with Crippen molar-refractivity contribution in [3.8, 4) is 5.69 Å². The van der Waals surface area contributed by atoms with Gasteiger partial charge >= 0.3 is 0 Å². The number of carbonyl (C=O) groups excluding carboxylic acids is 1. The largest absolute Gasteiger partial charge is 0.310 e. The van der Waals surface area contributed by atoms with Crippen LogP contribution in [0.1, 0.15) is 24.5 Å². The molecule has 0 aliphatic heterocycles. The van der Waals surface area contributed by atoms with Gasteiger partial charge in [-0.1, -0.05) is 41.6 Å². The van der Waals surface area contributed by atoms with E-state index in [1.165, 1.54) is 11.8 Å². The minimum Gasteiger partial charge on any atom is -0.310 e. The maximum atomic E-state index is 12.4. The van der Waals surface area contributed by atoms with Crippen LogP contribution >= 0.6 is 23.4 Å². The molecule has 4 rings (SSSR count). The van der Waals surface area contributed by atoms with Gasteiger partial charge in [0.1, 0.15) is 10.8 Å². The fourth-order valence-electron chi connectivity index (χ4n) is 2.62. The Kier molecular flexibility index (Phi) is 4.95. The highest BCUT2D eigenvalue weighted by molar-refractivity contribution is 8.00. The minimum atomic E-state index is -0.115. The van der Waals surface area contributed by atoms with Gasteiger partial charge in [0.2, 0.25) is 5.91 Å². The topological polar surface area (TPSA) is 59.8 Å². The maximum absolute atomic E-state index is 12.4. The first-order chi connectivity index (χ1) is 12.7. The van der Waals surface area contributed by atoms with E-state index in [0.29, 0.717) is 21.8 Å². The molecule has 7 heteroatoms. The molecule has 1 aliphatic carbocycles. The van der Waals surface area contributed by atoms with Crippen molar-refractivity contribution in [2.75, 3.05) is 11.1 Å². The fraction of sp³-hybridized carbons (Fsp3) is 0.211. The molecular formula is C19H17ClN4OS. The van der Waals surface area contributed by atoms with E-state index in [9.17, 15) is 4.79 Å². The second-order valence-electron chi connectivity index (χ2n) is 6.10. The van der Waals surface area contributed by atoms with Gasteiger partial charge in [0, 0.05) is 18.2 Å². The van der Waals surface area contributed by atoms with Crippen LogP contribution in [-0.4, -0.2) is 26.4 Å². The third kappa shape index (κ3) is 3.92. The van der Waals surface area contributed by atoms with Crippen molar-refractivity contribution in [3.05, 3.63) is 65.4 Å². The number of nitrogens with zero attached hydrogens (tertiary/aromatic N) is 3. The summed E-state index contributed by atoms with van der Waals surface area (Å²) in [6, 6.07) is 15.3. The van der Waals surface area contributed by atoms with Gasteiger partial charge in [0.05, 0.1) is 22.2 Å². The Bertz CT molecular complexity index is 924. The lowest BCUT2D eigenvalue weighted by Crippen LogP contribution is -2.17. The van der Waals surface area contributed by atoms with Crippen molar-refractivity contribution >= 4 is 35.1 Å². The zero-order valence-corrected chi connectivity index (χ0v) is 15.5. The molecule has 1 fully saturated rings. The van der Waals surface area contributed by atoms with Crippen molar-refractivity contribution in [1.29, 1.82) is 0 Å². The summed E-state index contributed by atoms with van der Waals surface area (Å²) >= 11 is 7.41. The molecule has 1 N–H and O–H groups in total. The smallest absolute Gasteiger partial charge is 0.235 e. The van der Waals surface area contributed by atoms with Crippen LogP contribution in [-0.2, 0) is 4.79 Å². The van der Waals surface area contributed by atoms with Crippen molar-refractivity contribution in [2.45, 2.75) is 23.8 Å². The summed E-state index contributed by atoms with van der Waals surface area (Å²) in [5.41, 5.74) is 1.96. The number of hydrogen-bond donors (Lipinski definition) is 1. The average Bonchev–Trinajstić information content (AvgIpc) is 3.43. The number of thioether (sulfide) groups is 1. The first-order valence-corrected chi connectivity index (χ1v) is 9.75. The number of hydrogen-bond acceptors (Lipinski definition) is 4. The highest BCUT2D eigenvalue weighted by atomic mass is 35.5. The lowest BCUT2D eigenvalue weighted by atomic mass is 10.3. The number of aromatic nitrogens is 3. The van der Waals surface area contributed by atoms with Crippen LogP contribution < -0.4 is 5.32 Å². The Morgan fingerprint density at radius 2 is 2.04 bits per heavy atom. The molecule has 1 aromatic carbocycles. The number of benzene rings is 1. The monoisotopic (exact) mass is 384 g/mol. The molecule has 1 saturated carbocycles. The SMILES string of the molecule is O=C(CSc1ncccc1Cl)Nc1cc(C2CC2)nn1-c1ccccc1. The number of carbonyl (C=O) groups is 1. The van der Waals surface area contributed by atoms with Crippen LogP contribution in [0.5, 0.6) is 0 Å². The van der Waals surface area contributed by atoms with Crippen molar-refractivity contribution < 1.29 is 4.79 Å². The van der Waals surface area contributed by atoms with Crippen LogP contribution in [0.4, 0.5) is 5.82 Å². The van der Waals surface area contributed by atoms with Gasteiger partial charge in [-0.25, -0.2) is 9.67 Å². The van der Waals surface area contributed by atoms with E-state index in [0.717, 1.165) is 24.2 Å². The summed E-state index contributed by atoms with van der Waals surface area (Å²) in [4.78, 5) is 16.6. The number of para-hydroxylation sites is 1. The number of halogens is 1. The van der Waals surface area contributed by atoms with Gasteiger partial charge in [-0.3, -0.25) is 4.79 Å². The number of pyridine rings is 1. The molecule has 0 spiro atoms. The Morgan fingerprint density at radius 3 is 2.77 bits per heavy atom. The maximum Gasteiger partial charge on any atom is 0.235 e. The second kappa shape index (κ2) is 7.51. The molecule has 0 unspecified atom stereocenters. The first kappa shape index (κ1) is 17.1. The second-order valence-corrected chi connectivity index (χ2v) is 7.47. The van der Waals surface area contributed by atoms with Crippen LogP contribution in [0, 0.1) is 0 Å². The first-order valence-electron chi connectivity index (χ1n) is 8.39. The van der Waals surface area contributed by atoms with E-state index in [4.69, 9.17) is 11.6 Å². The van der Waals surface area contributed by atoms with Gasteiger partial charge in [-0.2, -0.15) is 5.10 Å². The van der Waals surface area contributed by atoms with E-state index < -0.39 is 0 Å². The predicted octanol–water partition coefficient (Wildman–Crippen LogP) is 4.53. The quantitative estimate of drug-likeness (QED) is 0.634. The summed E-state index contributed by atoms with van der Waals surface area (Å²) in [7, 11) is 0. The lowest BCUT2D eigenvalue weighted by Gasteiger charge is -2.09. The molecule has 0 radical (unpaired) electrons. The summed E-state index contributed by atoms with van der Waals surface area (Å²) in [5, 5.41) is 8.87. The van der Waals surface area contributed by atoms with Crippen molar-refractivity contribution in [2.24, 2.45) is 0 Å². The minimum absolute atomic E-state index is 0.115. The molecule has 2 aromatic heterocycles. The van der Waals surface area contributed by atoms with E-state index in [-0.39, 0.29) is 11.7 Å². The normalized spacial score (nSPS) is 13.6. The number of nitrogens with one attached hydrogen (secondary N) is 1. The lowest BCUT2D eigenvalue weighted by molar-refractivity contribution is -0.113. The Morgan fingerprint density at radius 1 is 1.23 bits per heavy atom. The van der Waals surface area contributed by atoms with Crippen molar-refractivity contribution in [3.63, 3.8) is 0 Å². The summed E-state index contributed by atoms with van der Waals surface area (Å²) < 4.78 is 1.80. The zero-order valence-electron chi connectivity index (χ0n) is 13.9. The molecule has 1 amide bonds. The standard InChI is InChI=1S/C19H17ClN4OS/c20-15-7-4-10-21-19(15)26-12-18(25)22-17-11-16(13-8-9-13)23-24(17)14-5-2-1-3-6-14/h1-7,10-11,13H,8-9,12H2,(H,22,25). The van der Waals surface area contributed by atoms with Gasteiger partial charge in [-0.05, 0) is 37.1 Å². The molecule has 132 valence electrons. The molecule has 3 aromatic rings. The molecule has 0 atom stereocenters. The summed E-state index contributed by atoms with van der Waals surface area (Å²) in [5.74, 6) is 1.32. The third-order valence-electron chi connectivity index (χ3n) is 4.06. The predicted molar refractivity (Wildman–Crippen MR) is 104 cm³/mol. The van der Waals surface area contributed by atoms with Gasteiger partial charge in [0.25, 0.3) is 0 Å². The molecule has 1 aliphatic rings. The van der Waals surface area contributed by atoms with E-state index in [1.54, 1.807) is 23.0 Å². The van der Waals surface area contributed by atoms with Gasteiger partial charge < -0.3 is 5.32 Å². The van der Waals surface area contributed by atoms with E-state index in [1.807, 2.05) is 36.4 Å². The average molecular weight is 385 g/mol. The molecule has 5 nitrogen and oxygen atoms in total. The zero-order chi connectivity index (χ0) is 17.9. The van der Waals surface area contributed by atoms with Crippen LogP contribution in [0.3, 0.4) is 0 Å². The van der Waals surface area contributed by atoms with Crippen molar-refractivity contribution in [1.82, 2.24) is 14.8 Å². The molecule has 2 heterocycles. The van der Waals surface area contributed by atoms with Crippen LogP contribution in [0.25, 0.3) is 5.69 Å². The van der Waals surface area contributed by atoms with Gasteiger partial charge in [0.15, 0.2) is 0 Å². The Hall–Kier alpha value is -2.31. The molecule has 0 bridgehead atoms. The van der Waals surface area contributed by atoms with Crippen LogP contribution in [0.15, 0.2) is 59.8 Å². The van der Waals surface area contributed by atoms with Gasteiger partial charge in [-0.15, -0.1) is 0 Å². The number of rotatable bonds is 6. The third-order valence-corrected chi connectivity index (χ3v) is 5.48. The Labute approximate surface area is 160 Å². The molecule has 0 saturated heterocycles. The fourth-order valence-corrected chi connectivity index (χ4v) is 3.59. The van der Waals surface area contributed by atoms with Crippen LogP contribution in [0.2, 0.25) is 5.02 Å². The molecular weight excluding hydrogens is 368 g/mol.